The van der Waals surface area contributed by atoms with Gasteiger partial charge in [0.15, 0.2) is 11.8 Å². The molecule has 3 aliphatic rings. The smallest absolute Gasteiger partial charge is 0.337 e. The molecule has 2 aromatic heterocycles. The van der Waals surface area contributed by atoms with Crippen molar-refractivity contribution < 1.29 is 34.3 Å². The number of ether oxygens (including phenoxy) is 3. The zero-order chi connectivity index (χ0) is 26.3. The number of pyridine rings is 1. The van der Waals surface area contributed by atoms with Crippen LogP contribution in [-0.4, -0.2) is 91.9 Å². The average Bonchev–Trinajstić information content (AvgIpc) is 3.25. The van der Waals surface area contributed by atoms with Crippen molar-refractivity contribution in [3.05, 3.63) is 16.8 Å². The zero-order valence-electron chi connectivity index (χ0n) is 21.8. The number of carbonyl (C=O) groups excluding carboxylic acids is 1. The van der Waals surface area contributed by atoms with E-state index in [9.17, 15) is 20.1 Å². The lowest BCUT2D eigenvalue weighted by Crippen LogP contribution is -2.61. The first-order valence-electron chi connectivity index (χ1n) is 13.4. The highest BCUT2D eigenvalue weighted by molar-refractivity contribution is 5.85. The second-order valence-electron chi connectivity index (χ2n) is 10.4. The summed E-state index contributed by atoms with van der Waals surface area (Å²) in [6, 6.07) is 0.248. The van der Waals surface area contributed by atoms with Gasteiger partial charge in [0.05, 0.1) is 18.8 Å². The average molecular weight is 519 g/mol. The molecule has 2 aliphatic heterocycles. The molecule has 0 saturated carbocycles. The SMILES string of the molecule is CCCN1CCCCC1c1nn(C)c2nc(O[C@@H]3O[C@H](C(=O)OC)[C@@H](O)[C@H](O)[C@H]3O)c3c(c12)CCCC3. The Labute approximate surface area is 216 Å². The number of hydrogen-bond acceptors (Lipinski definition) is 10. The van der Waals surface area contributed by atoms with Crippen LogP contribution in [0, 0.1) is 0 Å². The molecule has 2 fully saturated rings. The van der Waals surface area contributed by atoms with E-state index in [0.717, 1.165) is 80.9 Å². The number of aromatic nitrogens is 3. The highest BCUT2D eigenvalue weighted by Crippen LogP contribution is 2.41. The van der Waals surface area contributed by atoms with Crippen molar-refractivity contribution in [3.8, 4) is 5.88 Å². The Morgan fingerprint density at radius 2 is 1.84 bits per heavy atom. The molecule has 11 nitrogen and oxygen atoms in total. The van der Waals surface area contributed by atoms with Crippen LogP contribution in [0.5, 0.6) is 5.88 Å². The van der Waals surface area contributed by atoms with Crippen LogP contribution in [0.2, 0.25) is 0 Å². The molecule has 2 aromatic rings. The summed E-state index contributed by atoms with van der Waals surface area (Å²) in [7, 11) is 3.04. The number of methoxy groups -OCH3 is 1. The molecule has 37 heavy (non-hydrogen) atoms. The monoisotopic (exact) mass is 518 g/mol. The molecule has 2 saturated heterocycles. The molecule has 4 heterocycles. The van der Waals surface area contributed by atoms with Crippen LogP contribution in [0.15, 0.2) is 0 Å². The second-order valence-corrected chi connectivity index (χ2v) is 10.4. The van der Waals surface area contributed by atoms with E-state index >= 15 is 0 Å². The van der Waals surface area contributed by atoms with E-state index in [-0.39, 0.29) is 6.04 Å². The van der Waals surface area contributed by atoms with E-state index in [1.807, 2.05) is 7.05 Å². The van der Waals surface area contributed by atoms with Crippen molar-refractivity contribution in [2.75, 3.05) is 20.2 Å². The lowest BCUT2D eigenvalue weighted by atomic mass is 9.88. The van der Waals surface area contributed by atoms with E-state index in [2.05, 4.69) is 16.6 Å². The topological polar surface area (TPSA) is 139 Å². The van der Waals surface area contributed by atoms with E-state index in [4.69, 9.17) is 19.6 Å². The predicted octanol–water partition coefficient (Wildman–Crippen LogP) is 1.14. The highest BCUT2D eigenvalue weighted by atomic mass is 16.7. The van der Waals surface area contributed by atoms with Gasteiger partial charge in [0, 0.05) is 18.0 Å². The van der Waals surface area contributed by atoms with Gasteiger partial charge in [-0.3, -0.25) is 4.90 Å². The first-order chi connectivity index (χ1) is 17.8. The van der Waals surface area contributed by atoms with E-state index in [1.54, 1.807) is 4.68 Å². The van der Waals surface area contributed by atoms with Crippen LogP contribution in [0.3, 0.4) is 0 Å². The Bertz CT molecular complexity index is 1140. The minimum atomic E-state index is -1.65. The summed E-state index contributed by atoms with van der Waals surface area (Å²) < 4.78 is 18.1. The minimum Gasteiger partial charge on any atom is -0.467 e. The fourth-order valence-corrected chi connectivity index (χ4v) is 6.09. The van der Waals surface area contributed by atoms with Crippen LogP contribution < -0.4 is 4.74 Å². The summed E-state index contributed by atoms with van der Waals surface area (Å²) >= 11 is 0. The molecular weight excluding hydrogens is 480 g/mol. The van der Waals surface area contributed by atoms with E-state index in [1.165, 1.54) is 12.8 Å². The second kappa shape index (κ2) is 10.8. The normalized spacial score (nSPS) is 30.8. The quantitative estimate of drug-likeness (QED) is 0.477. The number of fused-ring (bicyclic) bond motifs is 3. The molecule has 0 amide bonds. The van der Waals surface area contributed by atoms with Crippen LogP contribution in [0.25, 0.3) is 11.0 Å². The molecule has 5 rings (SSSR count). The zero-order valence-corrected chi connectivity index (χ0v) is 21.8. The number of aryl methyl sites for hydroxylation is 2. The molecule has 11 heteroatoms. The number of nitrogens with zero attached hydrogens (tertiary/aromatic N) is 4. The number of carbonyl (C=O) groups is 1. The number of rotatable bonds is 6. The number of piperidine rings is 1. The predicted molar refractivity (Wildman–Crippen MR) is 133 cm³/mol. The van der Waals surface area contributed by atoms with Gasteiger partial charge in [-0.25, -0.2) is 9.48 Å². The first kappa shape index (κ1) is 26.3. The molecule has 1 unspecified atom stereocenters. The molecule has 0 spiro atoms. The summed E-state index contributed by atoms with van der Waals surface area (Å²) in [5.41, 5.74) is 3.87. The molecule has 1 aliphatic carbocycles. The van der Waals surface area contributed by atoms with Gasteiger partial charge >= 0.3 is 5.97 Å². The van der Waals surface area contributed by atoms with Gasteiger partial charge in [0.25, 0.3) is 0 Å². The summed E-state index contributed by atoms with van der Waals surface area (Å²) in [6.45, 7) is 4.31. The number of aliphatic hydroxyl groups is 3. The molecule has 204 valence electrons. The Kier molecular flexibility index (Phi) is 7.69. The summed E-state index contributed by atoms with van der Waals surface area (Å²) in [5, 5.41) is 37.3. The maximum Gasteiger partial charge on any atom is 0.337 e. The van der Waals surface area contributed by atoms with Gasteiger partial charge in [-0.05, 0) is 63.6 Å². The molecule has 0 radical (unpaired) electrons. The van der Waals surface area contributed by atoms with Gasteiger partial charge in [-0.1, -0.05) is 13.3 Å². The molecule has 6 atom stereocenters. The fourth-order valence-electron chi connectivity index (χ4n) is 6.09. The first-order valence-corrected chi connectivity index (χ1v) is 13.4. The van der Waals surface area contributed by atoms with Crippen molar-refractivity contribution >= 4 is 17.0 Å². The molecule has 0 aromatic carbocycles. The van der Waals surface area contributed by atoms with Crippen molar-refractivity contribution in [1.82, 2.24) is 19.7 Å². The van der Waals surface area contributed by atoms with Crippen molar-refractivity contribution in [2.24, 2.45) is 7.05 Å². The van der Waals surface area contributed by atoms with Gasteiger partial charge in [-0.15, -0.1) is 0 Å². The van der Waals surface area contributed by atoms with Gasteiger partial charge in [0.1, 0.15) is 18.3 Å². The standard InChI is InChI=1S/C26H38N4O7/c1-4-12-30-13-8-7-11-16(30)18-17-14-9-5-6-10-15(14)24(27-23(17)29(2)28-18)37-26-21(33)19(31)20(32)22(36-26)25(34)35-3/h16,19-22,26,31-33H,4-13H2,1-3H3/t16?,19-,20-,21+,22-,26-/m0/s1. The van der Waals surface area contributed by atoms with Crippen molar-refractivity contribution in [2.45, 2.75) is 95.0 Å². The maximum atomic E-state index is 12.1. The number of esters is 1. The van der Waals surface area contributed by atoms with Crippen LogP contribution in [0.4, 0.5) is 0 Å². The molecule has 3 N–H and O–H groups in total. The largest absolute Gasteiger partial charge is 0.467 e. The Morgan fingerprint density at radius 1 is 1.08 bits per heavy atom. The lowest BCUT2D eigenvalue weighted by molar-refractivity contribution is -0.272. The number of aliphatic hydroxyl groups excluding tert-OH is 3. The van der Waals surface area contributed by atoms with Crippen LogP contribution >= 0.6 is 0 Å². The van der Waals surface area contributed by atoms with E-state index < -0.39 is 36.7 Å². The Hall–Kier alpha value is -2.31. The lowest BCUT2D eigenvalue weighted by Gasteiger charge is -2.39. The van der Waals surface area contributed by atoms with E-state index in [0.29, 0.717) is 11.5 Å². The van der Waals surface area contributed by atoms with Gasteiger partial charge in [0.2, 0.25) is 12.2 Å². The number of hydrogen-bond donors (Lipinski definition) is 3. The summed E-state index contributed by atoms with van der Waals surface area (Å²) in [4.78, 5) is 19.5. The molecule has 0 bridgehead atoms. The highest BCUT2D eigenvalue weighted by Gasteiger charge is 2.49. The van der Waals surface area contributed by atoms with Crippen LogP contribution in [0.1, 0.15) is 68.3 Å². The molecular formula is C26H38N4O7. The summed E-state index contributed by atoms with van der Waals surface area (Å²) in [6.07, 6.45) is 0.370. The number of likely N-dealkylation sites (tertiary alicyclic amines) is 1. The Morgan fingerprint density at radius 3 is 2.57 bits per heavy atom. The van der Waals surface area contributed by atoms with Gasteiger partial charge in [-0.2, -0.15) is 10.1 Å². The fraction of sp³-hybridized carbons (Fsp3) is 0.731. The third kappa shape index (κ3) is 4.72. The summed E-state index contributed by atoms with van der Waals surface area (Å²) in [5.74, 6) is -0.569. The third-order valence-electron chi connectivity index (χ3n) is 7.95. The minimum absolute atomic E-state index is 0.248. The van der Waals surface area contributed by atoms with Gasteiger partial charge < -0.3 is 29.5 Å². The van der Waals surface area contributed by atoms with Crippen molar-refractivity contribution in [3.63, 3.8) is 0 Å². The van der Waals surface area contributed by atoms with Crippen LogP contribution in [-0.2, 0) is 34.2 Å². The Balaban J connectivity index is 1.55. The van der Waals surface area contributed by atoms with Crippen molar-refractivity contribution in [1.29, 1.82) is 0 Å². The third-order valence-corrected chi connectivity index (χ3v) is 7.95. The maximum absolute atomic E-state index is 12.1.